The van der Waals surface area contributed by atoms with Crippen molar-refractivity contribution < 1.29 is 18.3 Å². The maximum atomic E-state index is 13.5. The molecule has 1 aromatic rings. The van der Waals surface area contributed by atoms with Gasteiger partial charge in [-0.15, -0.1) is 0 Å². The van der Waals surface area contributed by atoms with Gasteiger partial charge >= 0.3 is 5.97 Å². The average Bonchev–Trinajstić information content (AvgIpc) is 2.62. The highest BCUT2D eigenvalue weighted by atomic mass is 127. The number of anilines is 1. The average molecular weight is 410 g/mol. The Labute approximate surface area is 136 Å². The van der Waals surface area contributed by atoms with Crippen molar-refractivity contribution in [3.63, 3.8) is 0 Å². The first-order chi connectivity index (χ1) is 9.85. The number of hydrogen-bond acceptors (Lipinski definition) is 4. The number of pyridine rings is 1. The zero-order valence-corrected chi connectivity index (χ0v) is 14.1. The van der Waals surface area contributed by atoms with Crippen LogP contribution in [0.1, 0.15) is 35.2 Å². The van der Waals surface area contributed by atoms with Crippen molar-refractivity contribution in [3.8, 4) is 0 Å². The van der Waals surface area contributed by atoms with Crippen LogP contribution in [0, 0.1) is 10.5 Å². The fourth-order valence-electron chi connectivity index (χ4n) is 2.43. The van der Waals surface area contributed by atoms with E-state index < -0.39 is 11.9 Å². The first-order valence-electron chi connectivity index (χ1n) is 6.72. The van der Waals surface area contributed by atoms with Gasteiger partial charge in [0.05, 0.1) is 7.11 Å². The Balaban J connectivity index is 2.39. The Bertz CT molecular complexity index is 552. The Kier molecular flexibility index (Phi) is 5.00. The molecule has 0 aliphatic carbocycles. The van der Waals surface area contributed by atoms with Gasteiger partial charge in [-0.05, 0) is 41.5 Å². The number of aromatic nitrogens is 1. The molecule has 0 spiro atoms. The summed E-state index contributed by atoms with van der Waals surface area (Å²) >= 11 is 2.09. The van der Waals surface area contributed by atoms with Crippen LogP contribution in [-0.2, 0) is 4.74 Å². The lowest BCUT2D eigenvalue weighted by atomic mass is 10.1. The summed E-state index contributed by atoms with van der Waals surface area (Å²) in [6.45, 7) is 2.46. The Hall–Kier alpha value is -0.990. The normalized spacial score (nSPS) is 18.2. The predicted molar refractivity (Wildman–Crippen MR) is 84.0 cm³/mol. The number of hydrogen-bond donors (Lipinski definition) is 0. The number of ether oxygens (including phenoxy) is 1. The summed E-state index contributed by atoms with van der Waals surface area (Å²) < 4.78 is 32.6. The second kappa shape index (κ2) is 6.41. The predicted octanol–water partition coefficient (Wildman–Crippen LogP) is 3.41. The lowest BCUT2D eigenvalue weighted by molar-refractivity contribution is -0.0102. The molecule has 0 aromatic carbocycles. The minimum absolute atomic E-state index is 0.125. The maximum Gasteiger partial charge on any atom is 0.341 e. The first kappa shape index (κ1) is 16.4. The topological polar surface area (TPSA) is 42.4 Å². The van der Waals surface area contributed by atoms with Crippen molar-refractivity contribution in [2.45, 2.75) is 32.1 Å². The number of alkyl halides is 2. The van der Waals surface area contributed by atoms with Crippen LogP contribution in [0.15, 0.2) is 6.20 Å². The van der Waals surface area contributed by atoms with Crippen LogP contribution in [-0.4, -0.2) is 37.1 Å². The van der Waals surface area contributed by atoms with Gasteiger partial charge in [-0.3, -0.25) is 0 Å². The number of esters is 1. The summed E-state index contributed by atoms with van der Waals surface area (Å²) in [5, 5.41) is 0. The minimum atomic E-state index is -2.64. The quantitative estimate of drug-likeness (QED) is 0.554. The Morgan fingerprint density at radius 3 is 2.81 bits per heavy atom. The Morgan fingerprint density at radius 2 is 2.14 bits per heavy atom. The van der Waals surface area contributed by atoms with E-state index in [1.54, 1.807) is 11.1 Å². The molecule has 0 amide bonds. The van der Waals surface area contributed by atoms with Crippen LogP contribution in [0.2, 0.25) is 0 Å². The molecule has 1 aliphatic rings. The molecule has 0 atom stereocenters. The van der Waals surface area contributed by atoms with Crippen LogP contribution in [0.5, 0.6) is 0 Å². The molecule has 116 valence electrons. The molecule has 2 heterocycles. The third-order valence-electron chi connectivity index (χ3n) is 3.66. The number of rotatable bonds is 2. The van der Waals surface area contributed by atoms with E-state index in [1.165, 1.54) is 7.11 Å². The van der Waals surface area contributed by atoms with E-state index in [9.17, 15) is 13.6 Å². The SMILES string of the molecule is COC(=O)c1c(N2CCCC(F)(F)CC2)ncc(I)c1C. The second-order valence-corrected chi connectivity index (χ2v) is 6.28. The molecule has 0 saturated carbocycles. The highest BCUT2D eigenvalue weighted by Gasteiger charge is 2.33. The molecule has 0 unspecified atom stereocenters. The van der Waals surface area contributed by atoms with Gasteiger partial charge in [0.1, 0.15) is 11.4 Å². The van der Waals surface area contributed by atoms with Crippen LogP contribution in [0.25, 0.3) is 0 Å². The number of carbonyl (C=O) groups excluding carboxylic acids is 1. The van der Waals surface area contributed by atoms with Gasteiger partial charge in [0.2, 0.25) is 5.92 Å². The molecule has 2 rings (SSSR count). The van der Waals surface area contributed by atoms with Crippen molar-refractivity contribution in [1.29, 1.82) is 0 Å². The van der Waals surface area contributed by atoms with Crippen LogP contribution < -0.4 is 4.90 Å². The molecule has 7 heteroatoms. The van der Waals surface area contributed by atoms with Crippen LogP contribution in [0.4, 0.5) is 14.6 Å². The number of methoxy groups -OCH3 is 1. The third-order valence-corrected chi connectivity index (χ3v) is 4.75. The fraction of sp³-hybridized carbons (Fsp3) is 0.571. The second-order valence-electron chi connectivity index (χ2n) is 5.12. The van der Waals surface area contributed by atoms with E-state index in [-0.39, 0.29) is 19.4 Å². The van der Waals surface area contributed by atoms with Crippen LogP contribution >= 0.6 is 22.6 Å². The summed E-state index contributed by atoms with van der Waals surface area (Å²) in [7, 11) is 1.31. The van der Waals surface area contributed by atoms with Crippen molar-refractivity contribution in [2.75, 3.05) is 25.1 Å². The van der Waals surface area contributed by atoms with E-state index in [4.69, 9.17) is 4.74 Å². The zero-order valence-electron chi connectivity index (χ0n) is 12.0. The standard InChI is InChI=1S/C14H17F2IN2O2/c1-9-10(17)8-18-12(11(9)13(20)21-2)19-6-3-4-14(15,16)5-7-19/h8H,3-7H2,1-2H3. The molecule has 0 radical (unpaired) electrons. The number of nitrogens with zero attached hydrogens (tertiary/aromatic N) is 2. The summed E-state index contributed by atoms with van der Waals surface area (Å²) in [5.41, 5.74) is 1.14. The first-order valence-corrected chi connectivity index (χ1v) is 7.80. The van der Waals surface area contributed by atoms with E-state index >= 15 is 0 Å². The van der Waals surface area contributed by atoms with Crippen LogP contribution in [0.3, 0.4) is 0 Å². The van der Waals surface area contributed by atoms with Gasteiger partial charge in [-0.25, -0.2) is 18.6 Å². The maximum absolute atomic E-state index is 13.5. The van der Waals surface area contributed by atoms with E-state index in [0.29, 0.717) is 24.3 Å². The van der Waals surface area contributed by atoms with Gasteiger partial charge < -0.3 is 9.64 Å². The third kappa shape index (κ3) is 3.61. The molecule has 0 bridgehead atoms. The van der Waals surface area contributed by atoms with Gasteiger partial charge in [0.15, 0.2) is 0 Å². The minimum Gasteiger partial charge on any atom is -0.465 e. The molecular weight excluding hydrogens is 393 g/mol. The number of carbonyl (C=O) groups is 1. The molecule has 1 aliphatic heterocycles. The fourth-order valence-corrected chi connectivity index (χ4v) is 2.84. The summed E-state index contributed by atoms with van der Waals surface area (Å²) in [5.74, 6) is -2.68. The summed E-state index contributed by atoms with van der Waals surface area (Å²) in [6.07, 6.45) is 1.68. The smallest absolute Gasteiger partial charge is 0.341 e. The summed E-state index contributed by atoms with van der Waals surface area (Å²) in [6, 6.07) is 0. The molecule has 4 nitrogen and oxygen atoms in total. The van der Waals surface area contributed by atoms with E-state index in [0.717, 1.165) is 9.13 Å². The van der Waals surface area contributed by atoms with Gasteiger partial charge in [-0.2, -0.15) is 0 Å². The molecular formula is C14H17F2IN2O2. The highest BCUT2D eigenvalue weighted by Crippen LogP contribution is 2.32. The lowest BCUT2D eigenvalue weighted by Crippen LogP contribution is -2.29. The molecule has 1 fully saturated rings. The van der Waals surface area contributed by atoms with Gasteiger partial charge in [-0.1, -0.05) is 0 Å². The summed E-state index contributed by atoms with van der Waals surface area (Å²) in [4.78, 5) is 18.1. The van der Waals surface area contributed by atoms with Crippen molar-refractivity contribution >= 4 is 34.4 Å². The number of halogens is 3. The zero-order chi connectivity index (χ0) is 15.6. The van der Waals surface area contributed by atoms with Gasteiger partial charge in [0.25, 0.3) is 0 Å². The highest BCUT2D eigenvalue weighted by molar-refractivity contribution is 14.1. The Morgan fingerprint density at radius 1 is 1.43 bits per heavy atom. The van der Waals surface area contributed by atoms with Crippen molar-refractivity contribution in [3.05, 3.63) is 20.9 Å². The van der Waals surface area contributed by atoms with E-state index in [2.05, 4.69) is 27.6 Å². The van der Waals surface area contributed by atoms with Crippen molar-refractivity contribution in [1.82, 2.24) is 4.98 Å². The molecule has 1 saturated heterocycles. The monoisotopic (exact) mass is 410 g/mol. The van der Waals surface area contributed by atoms with Crippen molar-refractivity contribution in [2.24, 2.45) is 0 Å². The van der Waals surface area contributed by atoms with E-state index in [1.807, 2.05) is 6.92 Å². The molecule has 0 N–H and O–H groups in total. The lowest BCUT2D eigenvalue weighted by Gasteiger charge is -2.24. The molecule has 1 aromatic heterocycles. The van der Waals surface area contributed by atoms with Gasteiger partial charge in [0, 0.05) is 35.7 Å². The molecule has 21 heavy (non-hydrogen) atoms. The largest absolute Gasteiger partial charge is 0.465 e.